The predicted molar refractivity (Wildman–Crippen MR) is 91.4 cm³/mol. The number of carbonyl (C=O) groups is 1. The van der Waals surface area contributed by atoms with Crippen molar-refractivity contribution in [1.29, 1.82) is 0 Å². The van der Waals surface area contributed by atoms with Crippen molar-refractivity contribution < 1.29 is 4.79 Å². The smallest absolute Gasteiger partial charge is 0.329 e. The van der Waals surface area contributed by atoms with Gasteiger partial charge in [-0.05, 0) is 37.8 Å². The van der Waals surface area contributed by atoms with E-state index in [9.17, 15) is 9.59 Å². The monoisotopic (exact) mass is 315 g/mol. The van der Waals surface area contributed by atoms with Crippen molar-refractivity contribution in [2.45, 2.75) is 52.7 Å². The Morgan fingerprint density at radius 1 is 1.22 bits per heavy atom. The van der Waals surface area contributed by atoms with E-state index in [4.69, 9.17) is 0 Å². The van der Waals surface area contributed by atoms with Gasteiger partial charge in [0.1, 0.15) is 6.54 Å². The Balaban J connectivity index is 1.94. The van der Waals surface area contributed by atoms with E-state index < -0.39 is 0 Å². The molecule has 1 saturated heterocycles. The molecule has 1 amide bonds. The number of aromatic nitrogens is 2. The van der Waals surface area contributed by atoms with Crippen LogP contribution in [0.4, 0.5) is 0 Å². The van der Waals surface area contributed by atoms with E-state index >= 15 is 0 Å². The molecule has 0 spiro atoms. The third kappa shape index (κ3) is 2.69. The van der Waals surface area contributed by atoms with Crippen molar-refractivity contribution in [1.82, 2.24) is 14.0 Å². The zero-order valence-electron chi connectivity index (χ0n) is 14.2. The minimum atomic E-state index is -0.0951. The van der Waals surface area contributed by atoms with Gasteiger partial charge in [-0.1, -0.05) is 26.0 Å². The summed E-state index contributed by atoms with van der Waals surface area (Å²) < 4.78 is 3.35. The van der Waals surface area contributed by atoms with E-state index in [0.717, 1.165) is 30.4 Å². The van der Waals surface area contributed by atoms with Crippen LogP contribution < -0.4 is 5.69 Å². The number of para-hydroxylation sites is 2. The highest BCUT2D eigenvalue weighted by Gasteiger charge is 2.31. The number of imidazole rings is 1. The third-order valence-corrected chi connectivity index (χ3v) is 4.92. The molecule has 1 atom stereocenters. The van der Waals surface area contributed by atoms with Crippen molar-refractivity contribution in [2.24, 2.45) is 5.92 Å². The number of benzene rings is 1. The van der Waals surface area contributed by atoms with Crippen molar-refractivity contribution in [3.8, 4) is 0 Å². The summed E-state index contributed by atoms with van der Waals surface area (Å²) in [7, 11) is 0. The second-order valence-corrected chi connectivity index (χ2v) is 6.64. The van der Waals surface area contributed by atoms with Crippen molar-refractivity contribution in [2.75, 3.05) is 6.54 Å². The molecular formula is C18H25N3O2. The van der Waals surface area contributed by atoms with E-state index in [1.807, 2.05) is 36.1 Å². The Bertz CT molecular complexity index is 772. The number of aryl methyl sites for hydroxylation is 1. The summed E-state index contributed by atoms with van der Waals surface area (Å²) in [5, 5.41) is 0. The second-order valence-electron chi connectivity index (χ2n) is 6.64. The average molecular weight is 315 g/mol. The molecule has 2 heterocycles. The first-order valence-electron chi connectivity index (χ1n) is 8.52. The van der Waals surface area contributed by atoms with Gasteiger partial charge in [-0.3, -0.25) is 13.9 Å². The largest absolute Gasteiger partial charge is 0.338 e. The van der Waals surface area contributed by atoms with Gasteiger partial charge < -0.3 is 4.90 Å². The van der Waals surface area contributed by atoms with Gasteiger partial charge in [-0.2, -0.15) is 0 Å². The normalized spacial score (nSPS) is 18.3. The topological polar surface area (TPSA) is 47.2 Å². The molecular weight excluding hydrogens is 290 g/mol. The molecule has 0 radical (unpaired) electrons. The second kappa shape index (κ2) is 6.22. The van der Waals surface area contributed by atoms with Crippen LogP contribution in [0.5, 0.6) is 0 Å². The Morgan fingerprint density at radius 3 is 2.48 bits per heavy atom. The first-order valence-corrected chi connectivity index (χ1v) is 8.52. The van der Waals surface area contributed by atoms with E-state index in [0.29, 0.717) is 18.5 Å². The maximum atomic E-state index is 12.8. The first kappa shape index (κ1) is 15.8. The van der Waals surface area contributed by atoms with Gasteiger partial charge in [0.05, 0.1) is 11.0 Å². The fourth-order valence-electron chi connectivity index (χ4n) is 3.75. The van der Waals surface area contributed by atoms with Crippen LogP contribution in [0.3, 0.4) is 0 Å². The molecule has 0 bridgehead atoms. The van der Waals surface area contributed by atoms with Crippen LogP contribution in [0.2, 0.25) is 0 Å². The van der Waals surface area contributed by atoms with E-state index in [1.165, 1.54) is 0 Å². The summed E-state index contributed by atoms with van der Waals surface area (Å²) in [6, 6.07) is 8.00. The lowest BCUT2D eigenvalue weighted by atomic mass is 10.0. The molecule has 0 saturated carbocycles. The zero-order chi connectivity index (χ0) is 16.6. The summed E-state index contributed by atoms with van der Waals surface area (Å²) in [6.07, 6.45) is 2.12. The van der Waals surface area contributed by atoms with Gasteiger partial charge in [-0.25, -0.2) is 4.79 Å². The molecule has 1 fully saturated rings. The fraction of sp³-hybridized carbons (Fsp3) is 0.556. The summed E-state index contributed by atoms with van der Waals surface area (Å²) in [5.74, 6) is 0.512. The van der Waals surface area contributed by atoms with Crippen LogP contribution in [0.15, 0.2) is 29.1 Å². The Kier molecular flexibility index (Phi) is 4.28. The quantitative estimate of drug-likeness (QED) is 0.870. The summed E-state index contributed by atoms with van der Waals surface area (Å²) in [6.45, 7) is 7.82. The van der Waals surface area contributed by atoms with E-state index in [2.05, 4.69) is 13.8 Å². The number of amides is 1. The minimum absolute atomic E-state index is 0.0577. The maximum Gasteiger partial charge on any atom is 0.329 e. The first-order chi connectivity index (χ1) is 11.0. The molecule has 1 aromatic carbocycles. The van der Waals surface area contributed by atoms with Crippen molar-refractivity contribution in [3.05, 3.63) is 34.7 Å². The minimum Gasteiger partial charge on any atom is -0.338 e. The maximum absolute atomic E-state index is 12.8. The zero-order valence-corrected chi connectivity index (χ0v) is 14.2. The van der Waals surface area contributed by atoms with Gasteiger partial charge in [0.2, 0.25) is 5.91 Å². The highest BCUT2D eigenvalue weighted by molar-refractivity contribution is 5.81. The Hall–Kier alpha value is -2.04. The molecule has 1 unspecified atom stereocenters. The Labute approximate surface area is 136 Å². The van der Waals surface area contributed by atoms with Crippen LogP contribution in [0, 0.1) is 5.92 Å². The molecule has 1 aliphatic heterocycles. The number of fused-ring (bicyclic) bond motifs is 1. The van der Waals surface area contributed by atoms with Crippen molar-refractivity contribution in [3.63, 3.8) is 0 Å². The number of carbonyl (C=O) groups excluding carboxylic acids is 1. The summed E-state index contributed by atoms with van der Waals surface area (Å²) in [4.78, 5) is 27.4. The lowest BCUT2D eigenvalue weighted by Gasteiger charge is -2.27. The van der Waals surface area contributed by atoms with Crippen LogP contribution in [0.1, 0.15) is 33.6 Å². The van der Waals surface area contributed by atoms with Gasteiger partial charge in [0.25, 0.3) is 0 Å². The Morgan fingerprint density at radius 2 is 1.87 bits per heavy atom. The number of hydrogen-bond acceptors (Lipinski definition) is 2. The molecule has 124 valence electrons. The van der Waals surface area contributed by atoms with Gasteiger partial charge in [0, 0.05) is 19.1 Å². The molecule has 1 aromatic heterocycles. The predicted octanol–water partition coefficient (Wildman–Crippen LogP) is 2.47. The highest BCUT2D eigenvalue weighted by atomic mass is 16.2. The molecule has 2 aromatic rings. The van der Waals surface area contributed by atoms with Crippen molar-refractivity contribution >= 4 is 16.9 Å². The fourth-order valence-corrected chi connectivity index (χ4v) is 3.75. The molecule has 5 nitrogen and oxygen atoms in total. The van der Waals surface area contributed by atoms with Crippen LogP contribution in [0.25, 0.3) is 11.0 Å². The lowest BCUT2D eigenvalue weighted by molar-refractivity contribution is -0.133. The molecule has 1 aliphatic rings. The van der Waals surface area contributed by atoms with Crippen LogP contribution in [-0.2, 0) is 17.9 Å². The van der Waals surface area contributed by atoms with Crippen LogP contribution >= 0.6 is 0 Å². The summed E-state index contributed by atoms with van der Waals surface area (Å²) >= 11 is 0. The molecule has 0 aliphatic carbocycles. The van der Waals surface area contributed by atoms with E-state index in [-0.39, 0.29) is 18.1 Å². The average Bonchev–Trinajstić information content (AvgIpc) is 3.12. The third-order valence-electron chi connectivity index (χ3n) is 4.92. The van der Waals surface area contributed by atoms with Gasteiger partial charge >= 0.3 is 5.69 Å². The number of nitrogens with zero attached hydrogens (tertiary/aromatic N) is 3. The molecule has 23 heavy (non-hydrogen) atoms. The number of hydrogen-bond donors (Lipinski definition) is 0. The molecule has 3 rings (SSSR count). The highest BCUT2D eigenvalue weighted by Crippen LogP contribution is 2.24. The van der Waals surface area contributed by atoms with Crippen LogP contribution in [-0.4, -0.2) is 32.5 Å². The van der Waals surface area contributed by atoms with E-state index in [1.54, 1.807) is 9.13 Å². The number of likely N-dealkylation sites (tertiary alicyclic amines) is 1. The SMILES string of the molecule is CCn1c(=O)n(CC(=O)N2CCCC2C(C)C)c2ccccc21. The van der Waals surface area contributed by atoms with Gasteiger partial charge in [0.15, 0.2) is 0 Å². The standard InChI is InChI=1S/C18H25N3O2/c1-4-19-15-8-5-6-9-16(15)21(18(19)23)12-17(22)20-11-7-10-14(20)13(2)3/h5-6,8-9,13-14H,4,7,10-12H2,1-3H3. The summed E-state index contributed by atoms with van der Waals surface area (Å²) in [5.41, 5.74) is 1.64. The van der Waals surface area contributed by atoms with Gasteiger partial charge in [-0.15, -0.1) is 0 Å². The lowest BCUT2D eigenvalue weighted by Crippen LogP contribution is -2.41. The molecule has 0 N–H and O–H groups in total. The number of rotatable bonds is 4. The molecule has 5 heteroatoms.